The Balaban J connectivity index is 1.57. The van der Waals surface area contributed by atoms with Crippen molar-refractivity contribution < 1.29 is 14.3 Å². The first-order valence-electron chi connectivity index (χ1n) is 11.3. The Morgan fingerprint density at radius 1 is 0.970 bits per heavy atom. The average molecular weight is 444 g/mol. The Bertz CT molecular complexity index is 1260. The van der Waals surface area contributed by atoms with Crippen LogP contribution in [0.1, 0.15) is 25.0 Å². The van der Waals surface area contributed by atoms with Crippen molar-refractivity contribution in [1.82, 2.24) is 15.2 Å². The molecule has 0 radical (unpaired) electrons. The van der Waals surface area contributed by atoms with Crippen LogP contribution in [-0.2, 0) is 22.5 Å². The standard InChI is InChI=1S/C27H29N3O3/c1-3-33-26(31)19(2)29-27(32)30(16-15-21-17-28-25-14-7-6-13-24(21)25)18-22-11-8-10-20-9-4-5-12-23(20)22/h4-14,17,19,28H,3,15-16,18H2,1-2H3,(H,29,32). The second-order valence-electron chi connectivity index (χ2n) is 8.09. The van der Waals surface area contributed by atoms with Crippen LogP contribution in [0.25, 0.3) is 21.7 Å². The average Bonchev–Trinajstić information content (AvgIpc) is 3.25. The number of fused-ring (bicyclic) bond motifs is 2. The van der Waals surface area contributed by atoms with Gasteiger partial charge in [-0.1, -0.05) is 60.7 Å². The van der Waals surface area contributed by atoms with Gasteiger partial charge in [0.15, 0.2) is 0 Å². The van der Waals surface area contributed by atoms with Crippen LogP contribution < -0.4 is 5.32 Å². The number of H-pyrrole nitrogens is 1. The summed E-state index contributed by atoms with van der Waals surface area (Å²) < 4.78 is 5.05. The lowest BCUT2D eigenvalue weighted by molar-refractivity contribution is -0.144. The van der Waals surface area contributed by atoms with Crippen LogP contribution in [0.4, 0.5) is 4.79 Å². The fraction of sp³-hybridized carbons (Fsp3) is 0.259. The molecule has 33 heavy (non-hydrogen) atoms. The van der Waals surface area contributed by atoms with Crippen molar-refractivity contribution in [1.29, 1.82) is 0 Å². The highest BCUT2D eigenvalue weighted by molar-refractivity contribution is 5.87. The molecular weight excluding hydrogens is 414 g/mol. The summed E-state index contributed by atoms with van der Waals surface area (Å²) in [7, 11) is 0. The number of aromatic nitrogens is 1. The van der Waals surface area contributed by atoms with Gasteiger partial charge in [-0.15, -0.1) is 0 Å². The number of carbonyl (C=O) groups is 2. The molecule has 1 atom stereocenters. The second-order valence-corrected chi connectivity index (χ2v) is 8.09. The van der Waals surface area contributed by atoms with E-state index >= 15 is 0 Å². The van der Waals surface area contributed by atoms with Crippen molar-refractivity contribution in [3.05, 3.63) is 84.1 Å². The Labute approximate surface area is 193 Å². The molecule has 1 unspecified atom stereocenters. The van der Waals surface area contributed by atoms with Crippen molar-refractivity contribution >= 4 is 33.7 Å². The maximum Gasteiger partial charge on any atom is 0.328 e. The van der Waals surface area contributed by atoms with Crippen LogP contribution in [0, 0.1) is 0 Å². The number of esters is 1. The molecule has 0 aliphatic rings. The van der Waals surface area contributed by atoms with Gasteiger partial charge in [0, 0.05) is 30.2 Å². The van der Waals surface area contributed by atoms with Crippen molar-refractivity contribution in [2.24, 2.45) is 0 Å². The lowest BCUT2D eigenvalue weighted by Gasteiger charge is -2.25. The van der Waals surface area contributed by atoms with Gasteiger partial charge in [-0.25, -0.2) is 9.59 Å². The predicted molar refractivity (Wildman–Crippen MR) is 131 cm³/mol. The van der Waals surface area contributed by atoms with Crippen LogP contribution in [0.5, 0.6) is 0 Å². The van der Waals surface area contributed by atoms with E-state index in [1.807, 2.05) is 48.7 Å². The lowest BCUT2D eigenvalue weighted by Crippen LogP contribution is -2.47. The minimum absolute atomic E-state index is 0.277. The van der Waals surface area contributed by atoms with E-state index in [4.69, 9.17) is 4.74 Å². The van der Waals surface area contributed by atoms with E-state index in [-0.39, 0.29) is 12.6 Å². The lowest BCUT2D eigenvalue weighted by atomic mass is 10.0. The number of amides is 2. The van der Waals surface area contributed by atoms with E-state index < -0.39 is 12.0 Å². The third kappa shape index (κ3) is 5.17. The van der Waals surface area contributed by atoms with E-state index in [2.05, 4.69) is 34.6 Å². The van der Waals surface area contributed by atoms with Gasteiger partial charge in [0.25, 0.3) is 0 Å². The van der Waals surface area contributed by atoms with Gasteiger partial charge >= 0.3 is 12.0 Å². The topological polar surface area (TPSA) is 74.4 Å². The second kappa shape index (κ2) is 10.2. The molecule has 0 aliphatic heterocycles. The van der Waals surface area contributed by atoms with Crippen LogP contribution in [0.2, 0.25) is 0 Å². The number of ether oxygens (including phenoxy) is 1. The molecule has 2 amide bonds. The number of aromatic amines is 1. The fourth-order valence-electron chi connectivity index (χ4n) is 4.08. The Kier molecular flexibility index (Phi) is 6.93. The Hall–Kier alpha value is -3.80. The van der Waals surface area contributed by atoms with E-state index in [1.165, 1.54) is 0 Å². The third-order valence-corrected chi connectivity index (χ3v) is 5.83. The normalized spacial score (nSPS) is 11.9. The molecule has 4 aromatic rings. The number of nitrogens with zero attached hydrogens (tertiary/aromatic N) is 1. The number of hydrogen-bond donors (Lipinski definition) is 2. The van der Waals surface area contributed by atoms with E-state index in [0.29, 0.717) is 19.5 Å². The first kappa shape index (κ1) is 22.4. The van der Waals surface area contributed by atoms with Crippen LogP contribution in [-0.4, -0.2) is 41.1 Å². The summed E-state index contributed by atoms with van der Waals surface area (Å²) in [6.07, 6.45) is 2.69. The summed E-state index contributed by atoms with van der Waals surface area (Å²) in [6, 6.07) is 21.4. The van der Waals surface area contributed by atoms with Gasteiger partial charge in [0.2, 0.25) is 0 Å². The molecule has 0 saturated heterocycles. The molecule has 6 heteroatoms. The highest BCUT2D eigenvalue weighted by Gasteiger charge is 2.22. The quantitative estimate of drug-likeness (QED) is 0.375. The fourth-order valence-corrected chi connectivity index (χ4v) is 4.08. The number of para-hydroxylation sites is 1. The minimum Gasteiger partial charge on any atom is -0.464 e. The van der Waals surface area contributed by atoms with Gasteiger partial charge in [0.1, 0.15) is 6.04 Å². The van der Waals surface area contributed by atoms with Crippen molar-refractivity contribution in [3.8, 4) is 0 Å². The zero-order valence-electron chi connectivity index (χ0n) is 19.0. The maximum absolute atomic E-state index is 13.2. The molecule has 1 aromatic heterocycles. The molecule has 170 valence electrons. The number of carbonyl (C=O) groups excluding carboxylic acids is 2. The zero-order chi connectivity index (χ0) is 23.2. The van der Waals surface area contributed by atoms with Gasteiger partial charge in [-0.05, 0) is 48.2 Å². The molecular formula is C27H29N3O3. The smallest absolute Gasteiger partial charge is 0.328 e. The van der Waals surface area contributed by atoms with Gasteiger partial charge in [-0.3, -0.25) is 0 Å². The molecule has 0 bridgehead atoms. The molecule has 0 aliphatic carbocycles. The largest absolute Gasteiger partial charge is 0.464 e. The number of urea groups is 1. The summed E-state index contributed by atoms with van der Waals surface area (Å²) in [5, 5.41) is 6.21. The van der Waals surface area contributed by atoms with E-state index in [9.17, 15) is 9.59 Å². The Morgan fingerprint density at radius 3 is 2.52 bits per heavy atom. The van der Waals surface area contributed by atoms with E-state index in [1.54, 1.807) is 18.7 Å². The number of hydrogen-bond acceptors (Lipinski definition) is 3. The molecule has 1 heterocycles. The molecule has 0 spiro atoms. The van der Waals surface area contributed by atoms with Gasteiger partial charge < -0.3 is 19.9 Å². The molecule has 3 aromatic carbocycles. The number of nitrogens with one attached hydrogen (secondary N) is 2. The molecule has 6 nitrogen and oxygen atoms in total. The predicted octanol–water partition coefficient (Wildman–Crippen LogP) is 5.03. The molecule has 4 rings (SSSR count). The maximum atomic E-state index is 13.2. The van der Waals surface area contributed by atoms with Crippen LogP contribution in [0.3, 0.4) is 0 Å². The van der Waals surface area contributed by atoms with Crippen LogP contribution in [0.15, 0.2) is 72.9 Å². The van der Waals surface area contributed by atoms with Crippen molar-refractivity contribution in [2.75, 3.05) is 13.2 Å². The monoisotopic (exact) mass is 443 g/mol. The molecule has 0 saturated carbocycles. The van der Waals surface area contributed by atoms with Crippen LogP contribution >= 0.6 is 0 Å². The first-order valence-corrected chi connectivity index (χ1v) is 11.3. The molecule has 0 fully saturated rings. The number of rotatable bonds is 8. The minimum atomic E-state index is -0.722. The number of benzene rings is 3. The van der Waals surface area contributed by atoms with Gasteiger partial charge in [0.05, 0.1) is 6.61 Å². The van der Waals surface area contributed by atoms with E-state index in [0.717, 1.165) is 32.8 Å². The summed E-state index contributed by atoms with van der Waals surface area (Å²) >= 11 is 0. The summed E-state index contributed by atoms with van der Waals surface area (Å²) in [6.45, 7) is 4.61. The highest BCUT2D eigenvalue weighted by Crippen LogP contribution is 2.22. The SMILES string of the molecule is CCOC(=O)C(C)NC(=O)N(CCc1c[nH]c2ccccc12)Cc1cccc2ccccc12. The zero-order valence-corrected chi connectivity index (χ0v) is 19.0. The van der Waals surface area contributed by atoms with Crippen molar-refractivity contribution in [3.63, 3.8) is 0 Å². The molecule has 2 N–H and O–H groups in total. The summed E-state index contributed by atoms with van der Waals surface area (Å²) in [5.41, 5.74) is 3.29. The highest BCUT2D eigenvalue weighted by atomic mass is 16.5. The van der Waals surface area contributed by atoms with Crippen molar-refractivity contribution in [2.45, 2.75) is 32.9 Å². The third-order valence-electron chi connectivity index (χ3n) is 5.83. The first-order chi connectivity index (χ1) is 16.1. The summed E-state index contributed by atoms with van der Waals surface area (Å²) in [4.78, 5) is 30.3. The summed E-state index contributed by atoms with van der Waals surface area (Å²) in [5.74, 6) is -0.437. The van der Waals surface area contributed by atoms with Gasteiger partial charge in [-0.2, -0.15) is 0 Å². The Morgan fingerprint density at radius 2 is 1.70 bits per heavy atom.